The summed E-state index contributed by atoms with van der Waals surface area (Å²) in [6.07, 6.45) is 7.14. The fourth-order valence-electron chi connectivity index (χ4n) is 4.60. The minimum Gasteiger partial charge on any atom is -0.481 e. The Bertz CT molecular complexity index is 999. The molecule has 0 saturated carbocycles. The number of amides is 3. The second-order valence-corrected chi connectivity index (χ2v) is 11.5. The highest BCUT2D eigenvalue weighted by atomic mass is 16.4. The normalized spacial score (nSPS) is 12.8. The van der Waals surface area contributed by atoms with Gasteiger partial charge >= 0.3 is 23.9 Å². The number of ketones is 3. The number of urea groups is 1. The number of hydrogen-bond donors (Lipinski definition) is 6. The molecule has 0 aromatic carbocycles. The van der Waals surface area contributed by atoms with Gasteiger partial charge in [0, 0.05) is 38.6 Å². The van der Waals surface area contributed by atoms with E-state index in [0.717, 1.165) is 25.7 Å². The number of Topliss-reactive ketones (excluding diaryl/α,β-unsaturated/α-hetero) is 3. The van der Waals surface area contributed by atoms with Gasteiger partial charge in [-0.15, -0.1) is 0 Å². The van der Waals surface area contributed by atoms with Crippen molar-refractivity contribution in [3.63, 3.8) is 0 Å². The minimum absolute atomic E-state index is 0.00826. The molecule has 45 heavy (non-hydrogen) atoms. The number of carboxylic acids is 3. The molecule has 3 atom stereocenters. The Morgan fingerprint density at radius 1 is 0.533 bits per heavy atom. The van der Waals surface area contributed by atoms with Crippen molar-refractivity contribution in [3.05, 3.63) is 0 Å². The number of rotatable bonds is 28. The topological polar surface area (TPSA) is 233 Å². The molecule has 0 fully saturated rings. The van der Waals surface area contributed by atoms with Crippen LogP contribution in [0.5, 0.6) is 0 Å². The molecule has 0 aliphatic rings. The summed E-state index contributed by atoms with van der Waals surface area (Å²) < 4.78 is 0. The predicted octanol–water partition coefficient (Wildman–Crippen LogP) is 3.39. The maximum absolute atomic E-state index is 12.2. The molecule has 256 valence electrons. The molecule has 6 N–H and O–H groups in total. The zero-order valence-electron chi connectivity index (χ0n) is 26.6. The Hall–Kier alpha value is -3.84. The third kappa shape index (κ3) is 23.2. The van der Waals surface area contributed by atoms with Crippen LogP contribution in [0.2, 0.25) is 0 Å². The van der Waals surface area contributed by atoms with E-state index in [1.54, 1.807) is 0 Å². The molecule has 0 bridgehead atoms. The monoisotopic (exact) mass is 641 g/mol. The fourth-order valence-corrected chi connectivity index (χ4v) is 4.60. The molecule has 0 aliphatic heterocycles. The lowest BCUT2D eigenvalue weighted by Gasteiger charge is -2.18. The fraction of sp³-hybridized carbons (Fsp3) is 0.742. The number of hydrogen-bond acceptors (Lipinski definition) is 8. The van der Waals surface area contributed by atoms with Crippen molar-refractivity contribution in [1.29, 1.82) is 0 Å². The molecule has 0 aromatic rings. The standard InChI is InChI=1S/C31H51N3O11/c1-21(35)12-6-5-7-13-23(28(39)40)20-24(37)14-8-3-4-9-16-27(38)32-19-11-10-15-25(29(41)42)33-31(45)34-26(30(43)44)18-17-22(2)36/h23,25-26H,3-20H2,1-2H3,(H,32,38)(H,39,40)(H,41,42)(H,43,44)(H2,33,34,45)/t23?,25-,26-/m0/s1. The van der Waals surface area contributed by atoms with E-state index < -0.39 is 41.9 Å². The summed E-state index contributed by atoms with van der Waals surface area (Å²) in [7, 11) is 0. The number of nitrogens with one attached hydrogen (secondary N) is 3. The van der Waals surface area contributed by atoms with Crippen LogP contribution in [0.1, 0.15) is 123 Å². The van der Waals surface area contributed by atoms with Crippen molar-refractivity contribution in [3.8, 4) is 0 Å². The van der Waals surface area contributed by atoms with Gasteiger partial charge < -0.3 is 40.9 Å². The van der Waals surface area contributed by atoms with E-state index in [4.69, 9.17) is 0 Å². The zero-order valence-corrected chi connectivity index (χ0v) is 26.6. The van der Waals surface area contributed by atoms with Crippen LogP contribution < -0.4 is 16.0 Å². The smallest absolute Gasteiger partial charge is 0.326 e. The predicted molar refractivity (Wildman–Crippen MR) is 164 cm³/mol. The van der Waals surface area contributed by atoms with E-state index in [9.17, 15) is 53.7 Å². The van der Waals surface area contributed by atoms with Gasteiger partial charge in [0.1, 0.15) is 29.4 Å². The molecule has 14 nitrogen and oxygen atoms in total. The van der Waals surface area contributed by atoms with E-state index >= 15 is 0 Å². The van der Waals surface area contributed by atoms with E-state index in [1.807, 2.05) is 0 Å². The van der Waals surface area contributed by atoms with Gasteiger partial charge in [-0.25, -0.2) is 14.4 Å². The zero-order chi connectivity index (χ0) is 34.2. The maximum Gasteiger partial charge on any atom is 0.326 e. The van der Waals surface area contributed by atoms with Crippen molar-refractivity contribution in [1.82, 2.24) is 16.0 Å². The molecule has 0 rings (SSSR count). The Morgan fingerprint density at radius 3 is 1.60 bits per heavy atom. The average molecular weight is 642 g/mol. The largest absolute Gasteiger partial charge is 0.481 e. The quantitative estimate of drug-likeness (QED) is 0.0678. The molecule has 0 spiro atoms. The summed E-state index contributed by atoms with van der Waals surface area (Å²) in [5, 5.41) is 35.1. The molecule has 0 aliphatic carbocycles. The first-order chi connectivity index (χ1) is 21.2. The molecule has 0 aromatic heterocycles. The van der Waals surface area contributed by atoms with Gasteiger partial charge in [-0.3, -0.25) is 14.4 Å². The highest BCUT2D eigenvalue weighted by molar-refractivity contribution is 5.86. The SMILES string of the molecule is CC(=O)CCCCCC(CC(=O)CCCCCCC(=O)NCCCC[C@H](NC(=O)N[C@@H](CCC(C)=O)C(=O)O)C(=O)O)C(=O)O. The van der Waals surface area contributed by atoms with Crippen LogP contribution >= 0.6 is 0 Å². The highest BCUT2D eigenvalue weighted by Crippen LogP contribution is 2.18. The maximum atomic E-state index is 12.2. The Morgan fingerprint density at radius 2 is 1.04 bits per heavy atom. The van der Waals surface area contributed by atoms with Gasteiger partial charge in [0.05, 0.1) is 5.92 Å². The van der Waals surface area contributed by atoms with Crippen LogP contribution in [0.15, 0.2) is 0 Å². The van der Waals surface area contributed by atoms with Gasteiger partial charge in [-0.05, 0) is 65.2 Å². The van der Waals surface area contributed by atoms with Gasteiger partial charge in [-0.1, -0.05) is 25.7 Å². The van der Waals surface area contributed by atoms with E-state index in [-0.39, 0.29) is 48.9 Å². The Labute approximate surface area is 264 Å². The summed E-state index contributed by atoms with van der Waals surface area (Å²) in [5.74, 6) is -4.67. The molecule has 0 saturated heterocycles. The van der Waals surface area contributed by atoms with Gasteiger partial charge in [0.25, 0.3) is 0 Å². The summed E-state index contributed by atoms with van der Waals surface area (Å²) >= 11 is 0. The van der Waals surface area contributed by atoms with Crippen molar-refractivity contribution in [2.45, 2.75) is 135 Å². The number of carboxylic acid groups (broad SMARTS) is 3. The highest BCUT2D eigenvalue weighted by Gasteiger charge is 2.24. The molecule has 14 heteroatoms. The third-order valence-corrected chi connectivity index (χ3v) is 7.25. The number of carbonyl (C=O) groups excluding carboxylic acids is 5. The number of aliphatic carboxylic acids is 3. The van der Waals surface area contributed by atoms with Gasteiger partial charge in [0.2, 0.25) is 5.91 Å². The van der Waals surface area contributed by atoms with Crippen LogP contribution in [0.3, 0.4) is 0 Å². The van der Waals surface area contributed by atoms with Crippen LogP contribution in [0.4, 0.5) is 4.79 Å². The Balaban J connectivity index is 4.10. The lowest BCUT2D eigenvalue weighted by atomic mass is 9.93. The summed E-state index contributed by atoms with van der Waals surface area (Å²) in [6, 6.07) is -3.55. The van der Waals surface area contributed by atoms with E-state index in [0.29, 0.717) is 64.3 Å². The van der Waals surface area contributed by atoms with Crippen LogP contribution in [0.25, 0.3) is 0 Å². The number of unbranched alkanes of at least 4 members (excludes halogenated alkanes) is 6. The molecular weight excluding hydrogens is 590 g/mol. The second kappa shape index (κ2) is 24.5. The van der Waals surface area contributed by atoms with Crippen LogP contribution in [-0.4, -0.2) is 81.1 Å². The van der Waals surface area contributed by atoms with Gasteiger partial charge in [0.15, 0.2) is 0 Å². The molecule has 0 heterocycles. The van der Waals surface area contributed by atoms with Crippen molar-refractivity contribution < 1.29 is 53.7 Å². The minimum atomic E-state index is -1.34. The molecular formula is C31H51N3O11. The number of carbonyl (C=O) groups is 8. The van der Waals surface area contributed by atoms with Crippen LogP contribution in [-0.2, 0) is 33.6 Å². The first-order valence-corrected chi connectivity index (χ1v) is 15.8. The Kier molecular flexibility index (Phi) is 22.4. The van der Waals surface area contributed by atoms with Crippen molar-refractivity contribution in [2.75, 3.05) is 6.54 Å². The van der Waals surface area contributed by atoms with Crippen molar-refractivity contribution in [2.24, 2.45) is 5.92 Å². The van der Waals surface area contributed by atoms with E-state index in [1.165, 1.54) is 13.8 Å². The second-order valence-electron chi connectivity index (χ2n) is 11.5. The van der Waals surface area contributed by atoms with Gasteiger partial charge in [-0.2, -0.15) is 0 Å². The first-order valence-electron chi connectivity index (χ1n) is 15.8. The summed E-state index contributed by atoms with van der Waals surface area (Å²) in [4.78, 5) is 92.7. The lowest BCUT2D eigenvalue weighted by molar-refractivity contribution is -0.144. The van der Waals surface area contributed by atoms with E-state index in [2.05, 4.69) is 16.0 Å². The summed E-state index contributed by atoms with van der Waals surface area (Å²) in [6.45, 7) is 3.14. The van der Waals surface area contributed by atoms with Crippen LogP contribution in [0, 0.1) is 5.92 Å². The summed E-state index contributed by atoms with van der Waals surface area (Å²) in [5.41, 5.74) is 0. The molecule has 0 radical (unpaired) electrons. The average Bonchev–Trinajstić information content (AvgIpc) is 2.94. The molecule has 3 amide bonds. The third-order valence-electron chi connectivity index (χ3n) is 7.25. The first kappa shape index (κ1) is 41.2. The molecule has 1 unspecified atom stereocenters. The van der Waals surface area contributed by atoms with Crippen molar-refractivity contribution >= 4 is 47.2 Å². The lowest BCUT2D eigenvalue weighted by Crippen LogP contribution is -2.51.